The Kier molecular flexibility index (Phi) is 9.38. The molecule has 1 unspecified atom stereocenters. The number of hydrogen-bond donors (Lipinski definition) is 1. The van der Waals surface area contributed by atoms with Crippen molar-refractivity contribution in [2.24, 2.45) is 0 Å². The summed E-state index contributed by atoms with van der Waals surface area (Å²) in [6.45, 7) is 23.8. The third-order valence-corrected chi connectivity index (χ3v) is 14.7. The molecule has 0 fully saturated rings. The average Bonchev–Trinajstić information content (AvgIpc) is 2.27. The molecular formula is C16H38O6Si4. The molecule has 0 rings (SSSR count). The Bertz CT molecular complexity index is 450. The molecule has 0 aromatic rings. The molecular weight excluding hydrogens is 401 g/mol. The van der Waals surface area contributed by atoms with Gasteiger partial charge in [-0.3, -0.25) is 0 Å². The number of aliphatic hydroxyl groups excluding tert-OH is 1. The number of rotatable bonds is 11. The minimum atomic E-state index is -3.14. The van der Waals surface area contributed by atoms with Gasteiger partial charge in [-0.15, -0.1) is 0 Å². The van der Waals surface area contributed by atoms with Crippen LogP contribution < -0.4 is 0 Å². The summed E-state index contributed by atoms with van der Waals surface area (Å²) in [5.41, 5.74) is 0.302. The van der Waals surface area contributed by atoms with Crippen LogP contribution in [0.15, 0.2) is 12.2 Å². The third kappa shape index (κ3) is 12.3. The number of carbonyl (C=O) groups excluding carboxylic acids is 1. The highest BCUT2D eigenvalue weighted by Gasteiger charge is 2.51. The predicted octanol–water partition coefficient (Wildman–Crippen LogP) is 3.96. The molecule has 0 aliphatic heterocycles. The van der Waals surface area contributed by atoms with Crippen molar-refractivity contribution < 1.29 is 27.0 Å². The van der Waals surface area contributed by atoms with E-state index in [1.807, 2.05) is 0 Å². The van der Waals surface area contributed by atoms with Crippen LogP contribution in [0.3, 0.4) is 0 Å². The van der Waals surface area contributed by atoms with Crippen molar-refractivity contribution in [3.63, 3.8) is 0 Å². The lowest BCUT2D eigenvalue weighted by atomic mass is 10.3. The topological polar surface area (TPSA) is 74.2 Å². The van der Waals surface area contributed by atoms with E-state index in [2.05, 4.69) is 65.5 Å². The summed E-state index contributed by atoms with van der Waals surface area (Å²) < 4.78 is 24.6. The summed E-state index contributed by atoms with van der Waals surface area (Å²) in [6.07, 6.45) is -0.908. The lowest BCUT2D eigenvalue weighted by molar-refractivity contribution is -0.141. The number of carbonyl (C=O) groups is 1. The molecule has 154 valence electrons. The standard InChI is InChI=1S/C16H38O6Si4/c1-14(2)16(18)19-12-15(17)13-26(20-23(3,4)5,21-24(6,7)8)22-25(9,10)11/h15,17H,1,12-13H2,2-11H3. The molecule has 0 amide bonds. The van der Waals surface area contributed by atoms with E-state index in [0.717, 1.165) is 0 Å². The second-order valence-corrected chi connectivity index (χ2v) is 26.5. The highest BCUT2D eigenvalue weighted by molar-refractivity contribution is 6.90. The summed E-state index contributed by atoms with van der Waals surface area (Å²) in [5.74, 6) is -0.514. The van der Waals surface area contributed by atoms with Gasteiger partial charge in [0.25, 0.3) is 0 Å². The van der Waals surface area contributed by atoms with Crippen LogP contribution in [0.25, 0.3) is 0 Å². The highest BCUT2D eigenvalue weighted by Crippen LogP contribution is 2.30. The maximum Gasteiger partial charge on any atom is 0.472 e. The van der Waals surface area contributed by atoms with E-state index in [0.29, 0.717) is 5.57 Å². The van der Waals surface area contributed by atoms with Gasteiger partial charge in [0.2, 0.25) is 0 Å². The second-order valence-electron chi connectivity index (χ2n) is 9.56. The van der Waals surface area contributed by atoms with Gasteiger partial charge in [0.1, 0.15) is 6.61 Å². The summed E-state index contributed by atoms with van der Waals surface area (Å²) in [5, 5.41) is 10.5. The summed E-state index contributed by atoms with van der Waals surface area (Å²) in [7, 11) is -9.14. The maximum atomic E-state index is 11.6. The number of aliphatic hydroxyl groups is 1. The van der Waals surface area contributed by atoms with Gasteiger partial charge in [0.15, 0.2) is 25.0 Å². The molecule has 0 saturated carbocycles. The minimum absolute atomic E-state index is 0.125. The lowest BCUT2D eigenvalue weighted by Crippen LogP contribution is -2.61. The van der Waals surface area contributed by atoms with E-state index >= 15 is 0 Å². The molecule has 6 nitrogen and oxygen atoms in total. The Hall–Kier alpha value is -0.0825. The fraction of sp³-hybridized carbons (Fsp3) is 0.812. The van der Waals surface area contributed by atoms with Gasteiger partial charge in [0.05, 0.1) is 6.10 Å². The smallest absolute Gasteiger partial charge is 0.460 e. The monoisotopic (exact) mass is 438 g/mol. The van der Waals surface area contributed by atoms with E-state index in [1.54, 1.807) is 6.92 Å². The van der Waals surface area contributed by atoms with Gasteiger partial charge in [-0.1, -0.05) is 6.58 Å². The van der Waals surface area contributed by atoms with Crippen molar-refractivity contribution >= 4 is 39.7 Å². The summed E-state index contributed by atoms with van der Waals surface area (Å²) in [6, 6.07) is 0.218. The van der Waals surface area contributed by atoms with Crippen LogP contribution >= 0.6 is 0 Å². The van der Waals surface area contributed by atoms with Crippen molar-refractivity contribution in [3.05, 3.63) is 12.2 Å². The molecule has 0 heterocycles. The van der Waals surface area contributed by atoms with Crippen LogP contribution in [-0.4, -0.2) is 57.5 Å². The van der Waals surface area contributed by atoms with Crippen molar-refractivity contribution in [2.45, 2.75) is 78.0 Å². The fourth-order valence-corrected chi connectivity index (χ4v) is 16.7. The molecule has 0 radical (unpaired) electrons. The molecule has 0 aromatic heterocycles. The van der Waals surface area contributed by atoms with Gasteiger partial charge in [-0.2, -0.15) is 0 Å². The highest BCUT2D eigenvalue weighted by atomic mass is 28.5. The average molecular weight is 439 g/mol. The zero-order chi connectivity index (χ0) is 21.0. The molecule has 0 aliphatic carbocycles. The van der Waals surface area contributed by atoms with Crippen LogP contribution in [-0.2, 0) is 21.9 Å². The van der Waals surface area contributed by atoms with Gasteiger partial charge in [-0.05, 0) is 65.8 Å². The van der Waals surface area contributed by atoms with Crippen LogP contribution in [0.1, 0.15) is 6.92 Å². The Labute approximate surface area is 163 Å². The zero-order valence-electron chi connectivity index (χ0n) is 18.2. The van der Waals surface area contributed by atoms with E-state index in [9.17, 15) is 9.90 Å². The summed E-state index contributed by atoms with van der Waals surface area (Å²) >= 11 is 0. The Morgan fingerprint density at radius 3 is 1.50 bits per heavy atom. The number of hydrogen-bond acceptors (Lipinski definition) is 6. The van der Waals surface area contributed by atoms with Crippen LogP contribution in [0, 0.1) is 0 Å². The Morgan fingerprint density at radius 1 is 0.885 bits per heavy atom. The quantitative estimate of drug-likeness (QED) is 0.299. The van der Waals surface area contributed by atoms with Crippen molar-refractivity contribution in [1.82, 2.24) is 0 Å². The number of ether oxygens (including phenoxy) is 1. The van der Waals surface area contributed by atoms with E-state index in [1.165, 1.54) is 0 Å². The van der Waals surface area contributed by atoms with E-state index in [4.69, 9.17) is 17.1 Å². The first-order valence-corrected chi connectivity index (χ1v) is 21.1. The molecule has 0 saturated heterocycles. The van der Waals surface area contributed by atoms with Gasteiger partial charge < -0.3 is 22.2 Å². The second kappa shape index (κ2) is 9.41. The van der Waals surface area contributed by atoms with Crippen LogP contribution in [0.4, 0.5) is 0 Å². The van der Waals surface area contributed by atoms with Crippen molar-refractivity contribution in [2.75, 3.05) is 6.61 Å². The van der Waals surface area contributed by atoms with E-state index < -0.39 is 45.8 Å². The molecule has 26 heavy (non-hydrogen) atoms. The minimum Gasteiger partial charge on any atom is -0.460 e. The third-order valence-electron chi connectivity index (χ3n) is 2.63. The SMILES string of the molecule is C=C(C)C(=O)OCC(O)C[Si](O[Si](C)(C)C)(O[Si](C)(C)C)O[Si](C)(C)C. The molecule has 0 aliphatic rings. The van der Waals surface area contributed by atoms with Gasteiger partial charge in [0, 0.05) is 11.6 Å². The normalized spacial score (nSPS) is 14.9. The molecule has 10 heteroatoms. The largest absolute Gasteiger partial charge is 0.472 e. The number of esters is 1. The first-order valence-electron chi connectivity index (χ1n) is 8.95. The predicted molar refractivity (Wildman–Crippen MR) is 116 cm³/mol. The van der Waals surface area contributed by atoms with E-state index in [-0.39, 0.29) is 12.7 Å². The van der Waals surface area contributed by atoms with Crippen LogP contribution in [0.2, 0.25) is 65.0 Å². The molecule has 1 N–H and O–H groups in total. The maximum absolute atomic E-state index is 11.6. The van der Waals surface area contributed by atoms with Gasteiger partial charge >= 0.3 is 14.8 Å². The van der Waals surface area contributed by atoms with Crippen LogP contribution in [0.5, 0.6) is 0 Å². The molecule has 0 bridgehead atoms. The zero-order valence-corrected chi connectivity index (χ0v) is 22.2. The first-order chi connectivity index (χ1) is 11.3. The molecule has 0 aromatic carbocycles. The van der Waals surface area contributed by atoms with Gasteiger partial charge in [-0.25, -0.2) is 4.79 Å². The Balaban J connectivity index is 5.55. The first kappa shape index (κ1) is 25.9. The fourth-order valence-electron chi connectivity index (χ4n) is 2.23. The van der Waals surface area contributed by atoms with Crippen molar-refractivity contribution in [1.29, 1.82) is 0 Å². The molecule has 1 atom stereocenters. The molecule has 0 spiro atoms. The summed E-state index contributed by atoms with van der Waals surface area (Å²) in [4.78, 5) is 11.6. The van der Waals surface area contributed by atoms with Crippen molar-refractivity contribution in [3.8, 4) is 0 Å². The lowest BCUT2D eigenvalue weighted by Gasteiger charge is -2.43. The Morgan fingerprint density at radius 2 is 1.23 bits per heavy atom.